The molecule has 5 unspecified atom stereocenters. The van der Waals surface area contributed by atoms with Crippen LogP contribution in [0.4, 0.5) is 0 Å². The molecule has 2 aromatic carbocycles. The van der Waals surface area contributed by atoms with Crippen molar-refractivity contribution in [3.63, 3.8) is 0 Å². The molecule has 9 heteroatoms. The van der Waals surface area contributed by atoms with E-state index in [1.54, 1.807) is 0 Å². The number of nitrogens with zero attached hydrogens (tertiary/aromatic N) is 1. The first-order valence-corrected chi connectivity index (χ1v) is 14.7. The van der Waals surface area contributed by atoms with Gasteiger partial charge in [-0.25, -0.2) is 4.79 Å². The third-order valence-electron chi connectivity index (χ3n) is 9.36. The van der Waals surface area contributed by atoms with Crippen molar-refractivity contribution in [3.05, 3.63) is 71.8 Å². The molecule has 2 N–H and O–H groups in total. The predicted molar refractivity (Wildman–Crippen MR) is 157 cm³/mol. The zero-order chi connectivity index (χ0) is 29.7. The monoisotopic (exact) mass is 622 g/mol. The number of methoxy groups -OCH3 is 1. The highest BCUT2D eigenvalue weighted by atomic mass is 79.9. The normalized spacial score (nSPS) is 30.9. The summed E-state index contributed by atoms with van der Waals surface area (Å²) >= 11 is 3.82. The molecule has 1 aliphatic heterocycles. The van der Waals surface area contributed by atoms with E-state index in [0.717, 1.165) is 22.3 Å². The quantitative estimate of drug-likeness (QED) is 0.189. The highest BCUT2D eigenvalue weighted by Crippen LogP contribution is 2.79. The summed E-state index contributed by atoms with van der Waals surface area (Å²) in [5, 5.41) is 14.6. The van der Waals surface area contributed by atoms with Gasteiger partial charge in [-0.1, -0.05) is 90.4 Å². The summed E-state index contributed by atoms with van der Waals surface area (Å²) in [7, 11) is 1.26. The second-order valence-corrected chi connectivity index (χ2v) is 12.8. The minimum absolute atomic E-state index is 0.166. The van der Waals surface area contributed by atoms with E-state index in [-0.39, 0.29) is 24.3 Å². The molecule has 2 bridgehead atoms. The second kappa shape index (κ2) is 10.5. The molecule has 6 atom stereocenters. The van der Waals surface area contributed by atoms with Gasteiger partial charge in [0.2, 0.25) is 17.7 Å². The Morgan fingerprint density at radius 1 is 1.00 bits per heavy atom. The number of hydrogen-bond donors (Lipinski definition) is 2. The molecule has 2 aromatic rings. The molecular weight excluding hydrogens is 588 g/mol. The first kappa shape index (κ1) is 29.2. The van der Waals surface area contributed by atoms with E-state index in [9.17, 15) is 24.3 Å². The Balaban J connectivity index is 1.49. The number of unbranched alkanes of at least 4 members (excludes halogenated alkanes) is 1. The van der Waals surface area contributed by atoms with E-state index in [1.165, 1.54) is 18.9 Å². The number of hydrogen-bond acceptors (Lipinski definition) is 6. The van der Waals surface area contributed by atoms with Gasteiger partial charge in [-0.05, 0) is 41.5 Å². The number of nitrogens with one attached hydrogen (secondary N) is 1. The number of aliphatic hydroxyl groups is 1. The van der Waals surface area contributed by atoms with Gasteiger partial charge in [0.05, 0.1) is 19.1 Å². The van der Waals surface area contributed by atoms with E-state index in [1.807, 2.05) is 74.5 Å². The van der Waals surface area contributed by atoms with Gasteiger partial charge in [0.15, 0.2) is 0 Å². The van der Waals surface area contributed by atoms with Crippen molar-refractivity contribution in [1.29, 1.82) is 0 Å². The Kier molecular flexibility index (Phi) is 7.49. The summed E-state index contributed by atoms with van der Waals surface area (Å²) < 4.78 is 3.46. The maximum Gasteiger partial charge on any atom is 0.328 e. The number of fused-ring (bicyclic) bond motifs is 5. The summed E-state index contributed by atoms with van der Waals surface area (Å²) in [4.78, 5) is 53.3. The summed E-state index contributed by atoms with van der Waals surface area (Å²) in [6.45, 7) is 5.30. The van der Waals surface area contributed by atoms with Crippen LogP contribution in [0.25, 0.3) is 11.1 Å². The Labute approximate surface area is 248 Å². The number of alkyl halides is 1. The van der Waals surface area contributed by atoms with Crippen LogP contribution in [0.15, 0.2) is 60.7 Å². The van der Waals surface area contributed by atoms with Crippen LogP contribution >= 0.6 is 15.9 Å². The van der Waals surface area contributed by atoms with Crippen LogP contribution < -0.4 is 5.32 Å². The van der Waals surface area contributed by atoms with E-state index in [2.05, 4.69) is 21.2 Å². The molecule has 41 heavy (non-hydrogen) atoms. The average molecular weight is 624 g/mol. The summed E-state index contributed by atoms with van der Waals surface area (Å²) in [6.07, 6.45) is 0.258. The Morgan fingerprint density at radius 3 is 2.10 bits per heavy atom. The largest absolute Gasteiger partial charge is 0.467 e. The molecule has 5 rings (SSSR count). The van der Waals surface area contributed by atoms with Crippen molar-refractivity contribution in [3.8, 4) is 0 Å². The number of benzene rings is 2. The fraction of sp³-hybridized carbons (Fsp3) is 0.438. The average Bonchev–Trinajstić information content (AvgIpc) is 3.34. The van der Waals surface area contributed by atoms with Crippen molar-refractivity contribution in [1.82, 2.24) is 10.2 Å². The molecule has 1 heterocycles. The minimum atomic E-state index is -1.33. The number of carbonyl (C=O) groups is 4. The molecule has 2 aliphatic carbocycles. The van der Waals surface area contributed by atoms with Crippen molar-refractivity contribution in [2.75, 3.05) is 13.7 Å². The smallest absolute Gasteiger partial charge is 0.328 e. The fourth-order valence-electron chi connectivity index (χ4n) is 7.60. The van der Waals surface area contributed by atoms with Crippen molar-refractivity contribution in [2.45, 2.75) is 56.5 Å². The molecule has 8 nitrogen and oxygen atoms in total. The topological polar surface area (TPSA) is 113 Å². The third-order valence-corrected chi connectivity index (χ3v) is 11.0. The maximum atomic E-state index is 14.2. The Hall–Kier alpha value is -3.30. The highest BCUT2D eigenvalue weighted by Gasteiger charge is 2.85. The second-order valence-electron chi connectivity index (χ2n) is 11.6. The third kappa shape index (κ3) is 4.03. The van der Waals surface area contributed by atoms with Gasteiger partial charge in [0, 0.05) is 24.3 Å². The fourth-order valence-corrected chi connectivity index (χ4v) is 8.90. The number of imide groups is 1. The van der Waals surface area contributed by atoms with E-state index in [4.69, 9.17) is 4.74 Å². The van der Waals surface area contributed by atoms with Gasteiger partial charge in [-0.3, -0.25) is 19.3 Å². The maximum absolute atomic E-state index is 14.2. The molecule has 0 radical (unpaired) electrons. The van der Waals surface area contributed by atoms with Crippen LogP contribution in [0.1, 0.15) is 51.2 Å². The number of rotatable bonds is 9. The molecule has 3 amide bonds. The number of halogens is 1. The van der Waals surface area contributed by atoms with Gasteiger partial charge in [0.1, 0.15) is 10.4 Å². The standard InChI is InChI=1S/C32H35BrN2O6/c1-19(36)34-22(27(38)41-4)17-11-12-18-35-26(37)25-30(2)23(20-13-7-5-8-14-20)24(21-15-9-6-10-16-21)31(3,28(30)39)32(25,33)29(35)40/h5-10,13-16,22,25,28,39H,11-12,17-18H2,1-4H3,(H,34,36)/t22-,25?,28?,30?,31?,32?/m0/s1. The first-order valence-electron chi connectivity index (χ1n) is 13.9. The van der Waals surface area contributed by atoms with Crippen molar-refractivity contribution >= 4 is 50.8 Å². The molecular formula is C32H35BrN2O6. The lowest BCUT2D eigenvalue weighted by Gasteiger charge is -2.42. The van der Waals surface area contributed by atoms with Gasteiger partial charge in [-0.2, -0.15) is 0 Å². The van der Waals surface area contributed by atoms with Crippen LogP contribution in [0, 0.1) is 16.7 Å². The molecule has 1 saturated carbocycles. The van der Waals surface area contributed by atoms with Crippen LogP contribution in [-0.2, 0) is 23.9 Å². The highest BCUT2D eigenvalue weighted by molar-refractivity contribution is 9.10. The van der Waals surface area contributed by atoms with Gasteiger partial charge in [0.25, 0.3) is 0 Å². The molecule has 3 aliphatic rings. The molecule has 0 spiro atoms. The van der Waals surface area contributed by atoms with Crippen LogP contribution in [0.3, 0.4) is 0 Å². The van der Waals surface area contributed by atoms with E-state index in [0.29, 0.717) is 19.3 Å². The molecule has 0 aromatic heterocycles. The zero-order valence-electron chi connectivity index (χ0n) is 23.6. The summed E-state index contributed by atoms with van der Waals surface area (Å²) in [5.41, 5.74) is 1.44. The molecule has 2 fully saturated rings. The number of aliphatic hydroxyl groups excluding tert-OH is 1. The SMILES string of the molecule is COC(=O)[C@H](CCCCN1C(=O)C2C3(C)C(c4ccccc4)=C(c4ccccc4)C(C)(C3O)C2(Br)C1=O)NC(C)=O. The van der Waals surface area contributed by atoms with Crippen molar-refractivity contribution < 1.29 is 29.0 Å². The van der Waals surface area contributed by atoms with E-state index >= 15 is 0 Å². The lowest BCUT2D eigenvalue weighted by molar-refractivity contribution is -0.145. The number of ether oxygens (including phenoxy) is 1. The van der Waals surface area contributed by atoms with Crippen LogP contribution in [-0.4, -0.2) is 63.8 Å². The number of esters is 1. The Bertz CT molecular complexity index is 1430. The van der Waals surface area contributed by atoms with Crippen molar-refractivity contribution in [2.24, 2.45) is 16.7 Å². The zero-order valence-corrected chi connectivity index (χ0v) is 25.2. The van der Waals surface area contributed by atoms with Gasteiger partial charge >= 0.3 is 5.97 Å². The summed E-state index contributed by atoms with van der Waals surface area (Å²) in [5.74, 6) is -2.37. The number of likely N-dealkylation sites (tertiary alicyclic amines) is 1. The number of amides is 3. The van der Waals surface area contributed by atoms with Crippen LogP contribution in [0.5, 0.6) is 0 Å². The summed E-state index contributed by atoms with van der Waals surface area (Å²) in [6, 6.07) is 18.7. The number of carbonyl (C=O) groups excluding carboxylic acids is 4. The van der Waals surface area contributed by atoms with Crippen LogP contribution in [0.2, 0.25) is 0 Å². The Morgan fingerprint density at radius 2 is 1.56 bits per heavy atom. The van der Waals surface area contributed by atoms with Gasteiger partial charge in [-0.15, -0.1) is 0 Å². The first-order chi connectivity index (χ1) is 19.4. The van der Waals surface area contributed by atoms with Gasteiger partial charge < -0.3 is 15.2 Å². The molecule has 216 valence electrons. The minimum Gasteiger partial charge on any atom is -0.467 e. The predicted octanol–water partition coefficient (Wildman–Crippen LogP) is 3.96. The van der Waals surface area contributed by atoms with E-state index < -0.39 is 39.2 Å². The lowest BCUT2D eigenvalue weighted by atomic mass is 9.63. The lowest BCUT2D eigenvalue weighted by Crippen LogP contribution is -2.51. The molecule has 1 saturated heterocycles.